The molecule has 0 saturated carbocycles. The molecule has 0 spiro atoms. The van der Waals surface area contributed by atoms with Gasteiger partial charge in [-0.05, 0) is 30.3 Å². The summed E-state index contributed by atoms with van der Waals surface area (Å²) >= 11 is 7.37. The van der Waals surface area contributed by atoms with E-state index in [2.05, 4.69) is 9.97 Å². The molecule has 7 heteroatoms. The van der Waals surface area contributed by atoms with Crippen LogP contribution in [0.1, 0.15) is 18.0 Å². The predicted octanol–water partition coefficient (Wildman–Crippen LogP) is 4.29. The second kappa shape index (κ2) is 7.34. The molecule has 0 unspecified atom stereocenters. The molecule has 0 atom stereocenters. The number of aromatic nitrogens is 2. The Hall–Kier alpha value is -2.96. The number of aliphatic carboxylic acids is 1. The molecule has 0 fully saturated rings. The summed E-state index contributed by atoms with van der Waals surface area (Å²) in [7, 11) is 0. The molecular weight excluding hydrogens is 384 g/mol. The van der Waals surface area contributed by atoms with E-state index in [1.54, 1.807) is 30.3 Å². The summed E-state index contributed by atoms with van der Waals surface area (Å²) in [5.74, 6) is -0.960. The van der Waals surface area contributed by atoms with E-state index in [1.165, 1.54) is 11.3 Å². The predicted molar refractivity (Wildman–Crippen MR) is 104 cm³/mol. The van der Waals surface area contributed by atoms with Gasteiger partial charge in [-0.2, -0.15) is 0 Å². The molecule has 0 bridgehead atoms. The number of nitrogens with zero attached hydrogens (tertiary/aromatic N) is 2. The van der Waals surface area contributed by atoms with Crippen LogP contribution < -0.4 is 5.11 Å². The second-order valence-corrected chi connectivity index (χ2v) is 7.08. The van der Waals surface area contributed by atoms with Gasteiger partial charge in [0.15, 0.2) is 5.58 Å². The Balaban J connectivity index is 1.71. The molecule has 134 valence electrons. The Morgan fingerprint density at radius 3 is 2.67 bits per heavy atom. The van der Waals surface area contributed by atoms with Gasteiger partial charge in [0.2, 0.25) is 5.89 Å². The molecule has 0 N–H and O–H groups in total. The van der Waals surface area contributed by atoms with Crippen molar-refractivity contribution < 1.29 is 14.3 Å². The molecule has 4 aromatic rings. The number of carboxylic acid groups (broad SMARTS) is 1. The van der Waals surface area contributed by atoms with E-state index in [9.17, 15) is 9.90 Å². The molecule has 0 aliphatic rings. The normalized spacial score (nSPS) is 11.8. The summed E-state index contributed by atoms with van der Waals surface area (Å²) in [5, 5.41) is 14.5. The molecule has 2 heterocycles. The first kappa shape index (κ1) is 17.5. The van der Waals surface area contributed by atoms with Crippen molar-refractivity contribution in [2.45, 2.75) is 6.42 Å². The summed E-state index contributed by atoms with van der Waals surface area (Å²) in [6, 6.07) is 14.6. The van der Waals surface area contributed by atoms with Crippen molar-refractivity contribution >= 4 is 51.7 Å². The molecule has 0 saturated heterocycles. The lowest BCUT2D eigenvalue weighted by atomic mass is 10.1. The number of carbonyl (C=O) groups excluding carboxylic acids is 1. The third-order valence-electron chi connectivity index (χ3n) is 3.84. The average molecular weight is 396 g/mol. The summed E-state index contributed by atoms with van der Waals surface area (Å²) < 4.78 is 5.70. The van der Waals surface area contributed by atoms with Crippen molar-refractivity contribution in [3.63, 3.8) is 0 Å². The lowest BCUT2D eigenvalue weighted by Gasteiger charge is -2.03. The minimum Gasteiger partial charge on any atom is -0.550 e. The first-order chi connectivity index (χ1) is 13.1. The zero-order valence-corrected chi connectivity index (χ0v) is 15.5. The maximum Gasteiger partial charge on any atom is 0.223 e. The van der Waals surface area contributed by atoms with Gasteiger partial charge in [-0.25, -0.2) is 9.97 Å². The van der Waals surface area contributed by atoms with Crippen LogP contribution in [0.25, 0.3) is 33.3 Å². The van der Waals surface area contributed by atoms with E-state index >= 15 is 0 Å². The van der Waals surface area contributed by atoms with Gasteiger partial charge >= 0.3 is 0 Å². The maximum atomic E-state index is 11.2. The largest absolute Gasteiger partial charge is 0.550 e. The molecule has 0 aliphatic carbocycles. The van der Waals surface area contributed by atoms with Crippen molar-refractivity contribution in [2.75, 3.05) is 0 Å². The second-order valence-electron chi connectivity index (χ2n) is 5.79. The third kappa shape index (κ3) is 3.92. The maximum absolute atomic E-state index is 11.2. The van der Waals surface area contributed by atoms with Crippen molar-refractivity contribution in [3.8, 4) is 10.6 Å². The zero-order valence-electron chi connectivity index (χ0n) is 13.9. The van der Waals surface area contributed by atoms with E-state index in [0.717, 1.165) is 10.6 Å². The number of thiazole rings is 1. The van der Waals surface area contributed by atoms with Crippen molar-refractivity contribution in [2.24, 2.45) is 0 Å². The Morgan fingerprint density at radius 2 is 1.93 bits per heavy atom. The highest BCUT2D eigenvalue weighted by molar-refractivity contribution is 7.13. The topological polar surface area (TPSA) is 79.0 Å². The van der Waals surface area contributed by atoms with Crippen LogP contribution in [0.2, 0.25) is 5.02 Å². The lowest BCUT2D eigenvalue weighted by molar-refractivity contribution is -0.304. The fourth-order valence-electron chi connectivity index (χ4n) is 2.61. The lowest BCUT2D eigenvalue weighted by Crippen LogP contribution is -2.22. The summed E-state index contributed by atoms with van der Waals surface area (Å²) in [5.41, 5.74) is 3.23. The van der Waals surface area contributed by atoms with Crippen LogP contribution in [-0.4, -0.2) is 15.9 Å². The molecule has 27 heavy (non-hydrogen) atoms. The van der Waals surface area contributed by atoms with Gasteiger partial charge in [-0.3, -0.25) is 0 Å². The number of fused-ring (bicyclic) bond motifs is 1. The number of rotatable bonds is 5. The van der Waals surface area contributed by atoms with Gasteiger partial charge in [0.1, 0.15) is 10.5 Å². The number of carbonyl (C=O) groups is 1. The van der Waals surface area contributed by atoms with Crippen molar-refractivity contribution in [3.05, 3.63) is 70.5 Å². The monoisotopic (exact) mass is 395 g/mol. The molecule has 2 aromatic carbocycles. The van der Waals surface area contributed by atoms with Gasteiger partial charge < -0.3 is 14.3 Å². The van der Waals surface area contributed by atoms with E-state index in [4.69, 9.17) is 16.0 Å². The van der Waals surface area contributed by atoms with Gasteiger partial charge in [0.05, 0.1) is 5.69 Å². The molecule has 4 rings (SSSR count). The first-order valence-corrected chi connectivity index (χ1v) is 9.32. The number of carboxylic acids is 1. The number of hydrogen-bond acceptors (Lipinski definition) is 6. The van der Waals surface area contributed by atoms with Crippen LogP contribution in [0.5, 0.6) is 0 Å². The summed E-state index contributed by atoms with van der Waals surface area (Å²) in [6.07, 6.45) is 1.34. The van der Waals surface area contributed by atoms with Crippen molar-refractivity contribution in [1.82, 2.24) is 9.97 Å². The Kier molecular flexibility index (Phi) is 4.75. The van der Waals surface area contributed by atoms with Gasteiger partial charge in [0.25, 0.3) is 0 Å². The van der Waals surface area contributed by atoms with Gasteiger partial charge in [-0.15, -0.1) is 11.3 Å². The summed E-state index contributed by atoms with van der Waals surface area (Å²) in [6.45, 7) is 0. The number of halogens is 1. The van der Waals surface area contributed by atoms with E-state index in [-0.39, 0.29) is 12.3 Å². The fraction of sp³-hybridized carbons (Fsp3) is 0.0500. The summed E-state index contributed by atoms with van der Waals surface area (Å²) in [4.78, 5) is 20.1. The molecule has 0 radical (unpaired) electrons. The smallest absolute Gasteiger partial charge is 0.223 e. The minimum absolute atomic E-state index is 0.251. The molecule has 2 aromatic heterocycles. The van der Waals surface area contributed by atoms with Crippen LogP contribution in [0.4, 0.5) is 0 Å². The van der Waals surface area contributed by atoms with Gasteiger partial charge in [0, 0.05) is 33.9 Å². The number of para-hydroxylation sites is 2. The highest BCUT2D eigenvalue weighted by atomic mass is 35.5. The number of benzene rings is 2. The molecule has 5 nitrogen and oxygen atoms in total. The Morgan fingerprint density at radius 1 is 1.15 bits per heavy atom. The highest BCUT2D eigenvalue weighted by Gasteiger charge is 2.13. The highest BCUT2D eigenvalue weighted by Crippen LogP contribution is 2.29. The van der Waals surface area contributed by atoms with Crippen LogP contribution >= 0.6 is 22.9 Å². The van der Waals surface area contributed by atoms with E-state index in [1.807, 2.05) is 29.6 Å². The van der Waals surface area contributed by atoms with Crippen LogP contribution in [0, 0.1) is 0 Å². The van der Waals surface area contributed by atoms with E-state index < -0.39 is 5.97 Å². The third-order valence-corrected chi connectivity index (χ3v) is 5.00. The SMILES string of the molecule is O=C([O-])C/C(=C\c1csc(-c2ccc(Cl)cc2)n1)c1nc2ccccc2o1. The zero-order chi connectivity index (χ0) is 18.8. The quantitative estimate of drug-likeness (QED) is 0.503. The van der Waals surface area contributed by atoms with Gasteiger partial charge in [-0.1, -0.05) is 35.9 Å². The Labute approximate surface area is 163 Å². The van der Waals surface area contributed by atoms with Crippen molar-refractivity contribution in [1.29, 1.82) is 0 Å². The fourth-order valence-corrected chi connectivity index (χ4v) is 3.52. The minimum atomic E-state index is -1.21. The molecular formula is C20H12ClN2O3S-. The van der Waals surface area contributed by atoms with Crippen LogP contribution in [0.3, 0.4) is 0 Å². The first-order valence-electron chi connectivity index (χ1n) is 8.06. The number of hydrogen-bond donors (Lipinski definition) is 0. The standard InChI is InChI=1S/C20H13ClN2O3S/c21-14-7-5-12(6-8-14)20-22-15(11-27-20)9-13(10-18(24)25)19-23-16-3-1-2-4-17(16)26-19/h1-9,11H,10H2,(H,24,25)/p-1/b13-9+. The number of oxazole rings is 1. The molecule has 0 aliphatic heterocycles. The molecule has 0 amide bonds. The average Bonchev–Trinajstić information content (AvgIpc) is 3.28. The van der Waals surface area contributed by atoms with E-state index in [0.29, 0.717) is 27.4 Å². The van der Waals surface area contributed by atoms with Crippen LogP contribution in [-0.2, 0) is 4.79 Å². The Bertz CT molecular complexity index is 1110. The van der Waals surface area contributed by atoms with Crippen LogP contribution in [0.15, 0.2) is 58.3 Å².